The van der Waals surface area contributed by atoms with Gasteiger partial charge in [0, 0.05) is 41.1 Å². The highest BCUT2D eigenvalue weighted by atomic mass is 15.3. The summed E-state index contributed by atoms with van der Waals surface area (Å²) in [7, 11) is 0. The molecular weight excluding hydrogens is 883 g/mol. The van der Waals surface area contributed by atoms with Gasteiger partial charge in [-0.2, -0.15) is 0 Å². The Hall–Kier alpha value is -7.98. The quantitative estimate of drug-likeness (QED) is 0.156. The SMILES string of the molecule is C/C=C\C=C1/Cc2cc(-c3ccc(N(C4C=CC(c5ccccc5)=CC4)C4C=C5C(=CCN4)c4ccccc4C5(C4=CCCC=C4)c4ccccc4)cc3)ccc2N1c1ccc2c(c1)C(C)(C)c1ccccc1-2. The number of anilines is 3. The molecule has 4 aliphatic carbocycles. The van der Waals surface area contributed by atoms with Crippen LogP contribution in [0.25, 0.3) is 33.4 Å². The van der Waals surface area contributed by atoms with Gasteiger partial charge in [-0.05, 0) is 158 Å². The predicted octanol–water partition coefficient (Wildman–Crippen LogP) is 16.5. The van der Waals surface area contributed by atoms with Gasteiger partial charge in [0.05, 0.1) is 11.5 Å². The lowest BCUT2D eigenvalue weighted by Gasteiger charge is -2.40. The summed E-state index contributed by atoms with van der Waals surface area (Å²) in [6, 6.07) is 63.9. The van der Waals surface area contributed by atoms with E-state index in [2.05, 4.69) is 273 Å². The maximum atomic E-state index is 4.07. The summed E-state index contributed by atoms with van der Waals surface area (Å²) >= 11 is 0. The van der Waals surface area contributed by atoms with Crippen LogP contribution >= 0.6 is 0 Å². The second-order valence-electron chi connectivity index (χ2n) is 20.9. The highest BCUT2D eigenvalue weighted by Crippen LogP contribution is 2.59. The van der Waals surface area contributed by atoms with E-state index >= 15 is 0 Å². The van der Waals surface area contributed by atoms with E-state index in [0.717, 1.165) is 32.2 Å². The standard InChI is InChI=1S/C70H61N3/c1-4-5-25-57-45-52-44-51(34-41-67(52)72(57)58-39-40-61-59-26-15-17-28-63(59)69(2,3)65(61)46-58)50-32-37-56(38-33-50)73(55-35-30-49(31-36-55)48-19-9-6-10-20-48)68-47-66-62(42-43-71-68)60-27-16-18-29-64(60)70(66,53-21-11-7-12-22-53)54-23-13-8-14-24-54/h4-7,9-13,15-35,37-42,44,46-47,55,68,71H,8,14,36,43,45H2,1-3H3/b5-4-,57-25+. The number of hydrogen-bond donors (Lipinski definition) is 1. The van der Waals surface area contributed by atoms with Crippen LogP contribution in [-0.4, -0.2) is 18.8 Å². The molecule has 0 radical (unpaired) electrons. The van der Waals surface area contributed by atoms with Crippen LogP contribution in [0.1, 0.15) is 79.0 Å². The fourth-order valence-corrected chi connectivity index (χ4v) is 13.1. The molecule has 0 aromatic heterocycles. The maximum Gasteiger partial charge on any atom is 0.100 e. The first-order valence-electron chi connectivity index (χ1n) is 26.4. The topological polar surface area (TPSA) is 18.5 Å². The number of nitrogens with one attached hydrogen (secondary N) is 1. The number of fused-ring (bicyclic) bond motifs is 7. The van der Waals surface area contributed by atoms with Crippen molar-refractivity contribution in [3.63, 3.8) is 0 Å². The number of allylic oxidation sites excluding steroid dienone is 12. The Morgan fingerprint density at radius 1 is 0.644 bits per heavy atom. The van der Waals surface area contributed by atoms with Crippen molar-refractivity contribution in [1.29, 1.82) is 0 Å². The minimum Gasteiger partial charge on any atom is -0.346 e. The molecular formula is C70H61N3. The molecule has 0 saturated carbocycles. The third kappa shape index (κ3) is 7.43. The highest BCUT2D eigenvalue weighted by molar-refractivity contribution is 5.95. The first kappa shape index (κ1) is 44.9. The normalized spacial score (nSPS) is 21.6. The molecule has 7 aromatic carbocycles. The maximum absolute atomic E-state index is 4.07. The van der Waals surface area contributed by atoms with Gasteiger partial charge in [0.1, 0.15) is 6.17 Å². The van der Waals surface area contributed by atoms with Gasteiger partial charge in [-0.25, -0.2) is 0 Å². The average Bonchev–Trinajstić information content (AvgIpc) is 3.95. The molecule has 1 N–H and O–H groups in total. The number of nitrogens with zero attached hydrogens (tertiary/aromatic N) is 2. The van der Waals surface area contributed by atoms with E-state index < -0.39 is 5.41 Å². The van der Waals surface area contributed by atoms with Crippen LogP contribution < -0.4 is 15.1 Å². The first-order chi connectivity index (χ1) is 35.9. The van der Waals surface area contributed by atoms with Crippen molar-refractivity contribution >= 4 is 28.2 Å². The van der Waals surface area contributed by atoms with Gasteiger partial charge in [-0.15, -0.1) is 0 Å². The lowest BCUT2D eigenvalue weighted by atomic mass is 9.65. The summed E-state index contributed by atoms with van der Waals surface area (Å²) in [6.07, 6.45) is 29.9. The smallest absolute Gasteiger partial charge is 0.100 e. The molecule has 73 heavy (non-hydrogen) atoms. The molecule has 3 atom stereocenters. The van der Waals surface area contributed by atoms with E-state index in [-0.39, 0.29) is 17.6 Å². The van der Waals surface area contributed by atoms with Gasteiger partial charge >= 0.3 is 0 Å². The highest BCUT2D eigenvalue weighted by Gasteiger charge is 2.50. The summed E-state index contributed by atoms with van der Waals surface area (Å²) in [5.74, 6) is 0. The van der Waals surface area contributed by atoms with Crippen molar-refractivity contribution < 1.29 is 0 Å². The van der Waals surface area contributed by atoms with Crippen molar-refractivity contribution in [1.82, 2.24) is 5.32 Å². The van der Waals surface area contributed by atoms with Crippen LogP contribution in [0.15, 0.2) is 254 Å². The van der Waals surface area contributed by atoms with E-state index in [9.17, 15) is 0 Å². The van der Waals surface area contributed by atoms with Crippen molar-refractivity contribution in [2.24, 2.45) is 0 Å². The third-order valence-electron chi connectivity index (χ3n) is 16.5. The van der Waals surface area contributed by atoms with Crippen LogP contribution in [0.2, 0.25) is 0 Å². The van der Waals surface area contributed by atoms with Gasteiger partial charge in [0.15, 0.2) is 0 Å². The van der Waals surface area contributed by atoms with Gasteiger partial charge < -0.3 is 9.80 Å². The lowest BCUT2D eigenvalue weighted by Crippen LogP contribution is -2.50. The zero-order chi connectivity index (χ0) is 49.1. The first-order valence-corrected chi connectivity index (χ1v) is 26.4. The molecule has 0 amide bonds. The number of benzene rings is 7. The number of rotatable bonds is 9. The van der Waals surface area contributed by atoms with Crippen molar-refractivity contribution in [2.45, 2.75) is 69.5 Å². The Labute approximate surface area is 432 Å². The summed E-state index contributed by atoms with van der Waals surface area (Å²) in [4.78, 5) is 5.13. The molecule has 2 aliphatic heterocycles. The Bertz CT molecular complexity index is 3560. The molecule has 7 aromatic rings. The fourth-order valence-electron chi connectivity index (χ4n) is 13.1. The zero-order valence-corrected chi connectivity index (χ0v) is 42.1. The average molecular weight is 944 g/mol. The van der Waals surface area contributed by atoms with Crippen molar-refractivity contribution in [3.8, 4) is 22.3 Å². The van der Waals surface area contributed by atoms with Crippen molar-refractivity contribution in [3.05, 3.63) is 292 Å². The Morgan fingerprint density at radius 2 is 1.38 bits per heavy atom. The third-order valence-corrected chi connectivity index (χ3v) is 16.5. The molecule has 2 heterocycles. The van der Waals surface area contributed by atoms with E-state index in [0.29, 0.717) is 0 Å². The van der Waals surface area contributed by atoms with Crippen LogP contribution in [0.3, 0.4) is 0 Å². The van der Waals surface area contributed by atoms with Gasteiger partial charge in [-0.1, -0.05) is 202 Å². The zero-order valence-electron chi connectivity index (χ0n) is 42.1. The molecule has 3 unspecified atom stereocenters. The summed E-state index contributed by atoms with van der Waals surface area (Å²) in [5, 5.41) is 4.07. The molecule has 0 bridgehead atoms. The largest absolute Gasteiger partial charge is 0.346 e. The van der Waals surface area contributed by atoms with Crippen LogP contribution in [0, 0.1) is 0 Å². The Balaban J connectivity index is 0.883. The molecule has 13 rings (SSSR count). The van der Waals surface area contributed by atoms with E-state index in [1.165, 1.54) is 106 Å². The molecule has 356 valence electrons. The monoisotopic (exact) mass is 943 g/mol. The van der Waals surface area contributed by atoms with E-state index in [1.54, 1.807) is 0 Å². The van der Waals surface area contributed by atoms with Crippen LogP contribution in [-0.2, 0) is 17.3 Å². The van der Waals surface area contributed by atoms with E-state index in [4.69, 9.17) is 0 Å². The number of hydrogen-bond acceptors (Lipinski definition) is 3. The van der Waals surface area contributed by atoms with Crippen molar-refractivity contribution in [2.75, 3.05) is 16.3 Å². The summed E-state index contributed by atoms with van der Waals surface area (Å²) in [6.45, 7) is 7.58. The molecule has 3 heteroatoms. The minimum atomic E-state index is -0.447. The summed E-state index contributed by atoms with van der Waals surface area (Å²) < 4.78 is 0. The molecule has 6 aliphatic rings. The second-order valence-corrected chi connectivity index (χ2v) is 20.9. The predicted molar refractivity (Wildman–Crippen MR) is 307 cm³/mol. The second kappa shape index (κ2) is 18.3. The van der Waals surface area contributed by atoms with Gasteiger partial charge in [-0.3, -0.25) is 5.32 Å². The van der Waals surface area contributed by atoms with Gasteiger partial charge in [0.2, 0.25) is 0 Å². The molecule has 0 saturated heterocycles. The van der Waals surface area contributed by atoms with E-state index in [1.807, 2.05) is 0 Å². The van der Waals surface area contributed by atoms with Crippen LogP contribution in [0.5, 0.6) is 0 Å². The van der Waals surface area contributed by atoms with Gasteiger partial charge in [0.25, 0.3) is 0 Å². The Morgan fingerprint density at radius 3 is 2.15 bits per heavy atom. The summed E-state index contributed by atoms with van der Waals surface area (Å²) in [5.41, 5.74) is 24.3. The molecule has 0 spiro atoms. The fraction of sp³-hybridized carbons (Fsp3) is 0.171. The molecule has 3 nitrogen and oxygen atoms in total. The minimum absolute atomic E-state index is 0.0687. The molecule has 0 fully saturated rings. The lowest BCUT2D eigenvalue weighted by molar-refractivity contribution is 0.544. The van der Waals surface area contributed by atoms with Crippen LogP contribution in [0.4, 0.5) is 17.1 Å². The Kier molecular flexibility index (Phi) is 11.2.